The van der Waals surface area contributed by atoms with E-state index in [4.69, 9.17) is 9.47 Å². The lowest BCUT2D eigenvalue weighted by Crippen LogP contribution is -2.47. The minimum absolute atomic E-state index is 0.257. The van der Waals surface area contributed by atoms with Gasteiger partial charge in [0.25, 0.3) is 5.91 Å². The Morgan fingerprint density at radius 3 is 2.70 bits per heavy atom. The van der Waals surface area contributed by atoms with E-state index in [1.807, 2.05) is 24.3 Å². The number of hydrogen-bond acceptors (Lipinski definition) is 5. The molecule has 1 spiro atoms. The SMILES string of the molecule is CN(CC1COc2ccccc2O1)C(=O)CN1C(=O)NC2(CCCC2)C1=O. The van der Waals surface area contributed by atoms with Crippen LogP contribution in [0.25, 0.3) is 0 Å². The first-order valence-electron chi connectivity index (χ1n) is 9.25. The van der Waals surface area contributed by atoms with Crippen LogP contribution in [0, 0.1) is 0 Å². The van der Waals surface area contributed by atoms with Gasteiger partial charge < -0.3 is 19.7 Å². The zero-order chi connectivity index (χ0) is 19.0. The van der Waals surface area contributed by atoms with Crippen molar-refractivity contribution in [2.24, 2.45) is 0 Å². The molecule has 1 atom stereocenters. The average molecular weight is 373 g/mol. The van der Waals surface area contributed by atoms with Gasteiger partial charge in [0.1, 0.15) is 18.7 Å². The van der Waals surface area contributed by atoms with Crippen molar-refractivity contribution in [1.82, 2.24) is 15.1 Å². The molecule has 2 aliphatic heterocycles. The van der Waals surface area contributed by atoms with Gasteiger partial charge in [-0.3, -0.25) is 14.5 Å². The Bertz CT molecular complexity index is 774. The molecule has 1 unspecified atom stereocenters. The minimum Gasteiger partial charge on any atom is -0.486 e. The van der Waals surface area contributed by atoms with Gasteiger partial charge >= 0.3 is 6.03 Å². The molecule has 0 bridgehead atoms. The number of fused-ring (bicyclic) bond motifs is 1. The molecular formula is C19H23N3O5. The fraction of sp³-hybridized carbons (Fsp3) is 0.526. The molecule has 2 heterocycles. The number of amides is 4. The van der Waals surface area contributed by atoms with Crippen molar-refractivity contribution in [3.8, 4) is 11.5 Å². The molecule has 1 saturated heterocycles. The molecule has 1 aromatic rings. The third kappa shape index (κ3) is 3.20. The Labute approximate surface area is 157 Å². The maximum absolute atomic E-state index is 12.7. The molecule has 0 radical (unpaired) electrons. The molecule has 4 amide bonds. The summed E-state index contributed by atoms with van der Waals surface area (Å²) in [4.78, 5) is 39.9. The minimum atomic E-state index is -0.792. The van der Waals surface area contributed by atoms with Gasteiger partial charge in [0.05, 0.1) is 6.54 Å². The van der Waals surface area contributed by atoms with E-state index in [9.17, 15) is 14.4 Å². The number of imide groups is 1. The van der Waals surface area contributed by atoms with Crippen LogP contribution >= 0.6 is 0 Å². The van der Waals surface area contributed by atoms with Gasteiger partial charge in [-0.25, -0.2) is 4.79 Å². The number of likely N-dealkylation sites (N-methyl/N-ethyl adjacent to an activating group) is 1. The zero-order valence-corrected chi connectivity index (χ0v) is 15.3. The predicted molar refractivity (Wildman–Crippen MR) is 95.4 cm³/mol. The summed E-state index contributed by atoms with van der Waals surface area (Å²) in [6, 6.07) is 6.90. The topological polar surface area (TPSA) is 88.2 Å². The predicted octanol–water partition coefficient (Wildman–Crippen LogP) is 1.15. The molecule has 2 fully saturated rings. The molecule has 27 heavy (non-hydrogen) atoms. The molecule has 1 saturated carbocycles. The van der Waals surface area contributed by atoms with Gasteiger partial charge in [0.2, 0.25) is 5.91 Å². The molecule has 1 aliphatic carbocycles. The Morgan fingerprint density at radius 2 is 1.96 bits per heavy atom. The number of nitrogens with zero attached hydrogens (tertiary/aromatic N) is 2. The lowest BCUT2D eigenvalue weighted by molar-refractivity contribution is -0.138. The number of ether oxygens (including phenoxy) is 2. The molecule has 3 aliphatic rings. The number of para-hydroxylation sites is 2. The van der Waals surface area contributed by atoms with Crippen molar-refractivity contribution in [3.05, 3.63) is 24.3 Å². The second kappa shape index (κ2) is 6.75. The Morgan fingerprint density at radius 1 is 1.26 bits per heavy atom. The number of hydrogen-bond donors (Lipinski definition) is 1. The summed E-state index contributed by atoms with van der Waals surface area (Å²) in [5.74, 6) is 0.740. The van der Waals surface area contributed by atoms with E-state index >= 15 is 0 Å². The maximum Gasteiger partial charge on any atom is 0.325 e. The Balaban J connectivity index is 1.35. The van der Waals surface area contributed by atoms with E-state index in [2.05, 4.69) is 5.32 Å². The van der Waals surface area contributed by atoms with Crippen LogP contribution in [-0.2, 0) is 9.59 Å². The van der Waals surface area contributed by atoms with Crippen molar-refractivity contribution in [2.75, 3.05) is 26.7 Å². The Kier molecular flexibility index (Phi) is 4.41. The van der Waals surface area contributed by atoms with Crippen LogP contribution in [-0.4, -0.2) is 66.0 Å². The standard InChI is InChI=1S/C19H23N3O5/c1-21(10-13-12-26-14-6-2-3-7-15(14)27-13)16(23)11-22-17(24)19(20-18(22)25)8-4-5-9-19/h2-3,6-7,13H,4-5,8-12H2,1H3,(H,20,25). The molecule has 8 nitrogen and oxygen atoms in total. The van der Waals surface area contributed by atoms with E-state index in [0.717, 1.165) is 17.7 Å². The number of carbonyl (C=O) groups excluding carboxylic acids is 3. The summed E-state index contributed by atoms with van der Waals surface area (Å²) in [6.45, 7) is 0.385. The van der Waals surface area contributed by atoms with Crippen molar-refractivity contribution in [3.63, 3.8) is 0 Å². The highest BCUT2D eigenvalue weighted by Gasteiger charge is 2.52. The van der Waals surface area contributed by atoms with Gasteiger partial charge in [-0.15, -0.1) is 0 Å². The third-order valence-electron chi connectivity index (χ3n) is 5.47. The largest absolute Gasteiger partial charge is 0.486 e. The molecule has 1 N–H and O–H groups in total. The first kappa shape index (κ1) is 17.6. The van der Waals surface area contributed by atoms with Crippen LogP contribution in [0.1, 0.15) is 25.7 Å². The molecular weight excluding hydrogens is 350 g/mol. The van der Waals surface area contributed by atoms with Crippen LogP contribution < -0.4 is 14.8 Å². The normalized spacial score (nSPS) is 22.9. The number of rotatable bonds is 4. The highest BCUT2D eigenvalue weighted by atomic mass is 16.6. The number of benzene rings is 1. The fourth-order valence-corrected chi connectivity index (χ4v) is 3.95. The average Bonchev–Trinajstić information content (AvgIpc) is 3.22. The summed E-state index contributed by atoms with van der Waals surface area (Å²) in [5, 5.41) is 2.79. The summed E-state index contributed by atoms with van der Waals surface area (Å²) >= 11 is 0. The number of carbonyl (C=O) groups is 3. The summed E-state index contributed by atoms with van der Waals surface area (Å²) in [5.41, 5.74) is -0.792. The summed E-state index contributed by atoms with van der Waals surface area (Å²) in [6.07, 6.45) is 2.80. The van der Waals surface area contributed by atoms with Crippen molar-refractivity contribution >= 4 is 17.8 Å². The molecule has 4 rings (SSSR count). The highest BCUT2D eigenvalue weighted by Crippen LogP contribution is 2.35. The van der Waals surface area contributed by atoms with Gasteiger partial charge in [-0.2, -0.15) is 0 Å². The smallest absolute Gasteiger partial charge is 0.325 e. The van der Waals surface area contributed by atoms with E-state index in [0.29, 0.717) is 37.5 Å². The molecule has 8 heteroatoms. The Hall–Kier alpha value is -2.77. The van der Waals surface area contributed by atoms with Gasteiger partial charge in [0, 0.05) is 7.05 Å². The van der Waals surface area contributed by atoms with Crippen LogP contribution in [0.2, 0.25) is 0 Å². The first-order chi connectivity index (χ1) is 13.0. The van der Waals surface area contributed by atoms with E-state index in [1.165, 1.54) is 4.90 Å². The lowest BCUT2D eigenvalue weighted by Gasteiger charge is -2.30. The molecule has 1 aromatic carbocycles. The summed E-state index contributed by atoms with van der Waals surface area (Å²) < 4.78 is 11.5. The van der Waals surface area contributed by atoms with Gasteiger partial charge in [-0.1, -0.05) is 25.0 Å². The monoisotopic (exact) mass is 373 g/mol. The molecule has 144 valence electrons. The quantitative estimate of drug-likeness (QED) is 0.800. The van der Waals surface area contributed by atoms with Crippen LogP contribution in [0.3, 0.4) is 0 Å². The van der Waals surface area contributed by atoms with Crippen LogP contribution in [0.4, 0.5) is 4.79 Å². The van der Waals surface area contributed by atoms with E-state index < -0.39 is 11.6 Å². The first-order valence-corrected chi connectivity index (χ1v) is 9.25. The second-order valence-electron chi connectivity index (χ2n) is 7.38. The van der Waals surface area contributed by atoms with Crippen LogP contribution in [0.5, 0.6) is 11.5 Å². The van der Waals surface area contributed by atoms with Crippen molar-refractivity contribution < 1.29 is 23.9 Å². The third-order valence-corrected chi connectivity index (χ3v) is 5.47. The van der Waals surface area contributed by atoms with E-state index in [-0.39, 0.29) is 24.5 Å². The van der Waals surface area contributed by atoms with Crippen molar-refractivity contribution in [2.45, 2.75) is 37.3 Å². The zero-order valence-electron chi connectivity index (χ0n) is 15.3. The maximum atomic E-state index is 12.7. The van der Waals surface area contributed by atoms with Gasteiger partial charge in [0.15, 0.2) is 17.6 Å². The summed E-state index contributed by atoms with van der Waals surface area (Å²) in [7, 11) is 1.63. The fourth-order valence-electron chi connectivity index (χ4n) is 3.95. The van der Waals surface area contributed by atoms with Crippen molar-refractivity contribution in [1.29, 1.82) is 0 Å². The second-order valence-corrected chi connectivity index (χ2v) is 7.38. The van der Waals surface area contributed by atoms with Gasteiger partial charge in [-0.05, 0) is 25.0 Å². The number of nitrogens with one attached hydrogen (secondary N) is 1. The highest BCUT2D eigenvalue weighted by molar-refractivity contribution is 6.09. The van der Waals surface area contributed by atoms with Crippen LogP contribution in [0.15, 0.2) is 24.3 Å². The lowest BCUT2D eigenvalue weighted by atomic mass is 9.98. The van der Waals surface area contributed by atoms with E-state index in [1.54, 1.807) is 7.05 Å². The molecule has 0 aromatic heterocycles. The number of urea groups is 1.